The van der Waals surface area contributed by atoms with Gasteiger partial charge in [0.1, 0.15) is 0 Å². The first kappa shape index (κ1) is 15.4. The Hall–Kier alpha value is -1.95. The molecule has 2 aromatic rings. The Balaban J connectivity index is 1.91. The lowest BCUT2D eigenvalue weighted by Gasteiger charge is -2.13. The minimum Gasteiger partial charge on any atom is -0.387 e. The van der Waals surface area contributed by atoms with E-state index in [2.05, 4.69) is 5.32 Å². The van der Waals surface area contributed by atoms with Gasteiger partial charge in [-0.05, 0) is 11.6 Å². The van der Waals surface area contributed by atoms with Gasteiger partial charge < -0.3 is 10.4 Å². The molecule has 6 heteroatoms. The van der Waals surface area contributed by atoms with Crippen LogP contribution in [0.2, 0.25) is 5.02 Å². The molecular weight excluding hydrogens is 292 g/mol. The number of nitro groups is 1. The second-order valence-corrected chi connectivity index (χ2v) is 5.00. The molecule has 0 saturated heterocycles. The van der Waals surface area contributed by atoms with Gasteiger partial charge in [-0.2, -0.15) is 0 Å². The van der Waals surface area contributed by atoms with Crippen LogP contribution in [0.1, 0.15) is 17.2 Å². The summed E-state index contributed by atoms with van der Waals surface area (Å²) in [5, 5.41) is 24.3. The van der Waals surface area contributed by atoms with E-state index in [-0.39, 0.29) is 5.69 Å². The summed E-state index contributed by atoms with van der Waals surface area (Å²) < 4.78 is 0. The number of nitro benzene ring substituents is 1. The number of nitrogens with zero attached hydrogens (tertiary/aromatic N) is 1. The molecule has 0 aliphatic carbocycles. The molecule has 0 heterocycles. The molecule has 0 radical (unpaired) electrons. The predicted molar refractivity (Wildman–Crippen MR) is 81.2 cm³/mol. The summed E-state index contributed by atoms with van der Waals surface area (Å²) in [6.45, 7) is 0.746. The first-order valence-electron chi connectivity index (χ1n) is 6.44. The Morgan fingerprint density at radius 2 is 2.00 bits per heavy atom. The molecule has 0 aliphatic rings. The minimum atomic E-state index is -0.725. The van der Waals surface area contributed by atoms with Gasteiger partial charge in [0.15, 0.2) is 0 Å². The van der Waals surface area contributed by atoms with Gasteiger partial charge in [0.05, 0.1) is 11.0 Å². The molecule has 110 valence electrons. The highest BCUT2D eigenvalue weighted by Crippen LogP contribution is 2.22. The van der Waals surface area contributed by atoms with Crippen LogP contribution in [0.25, 0.3) is 0 Å². The average Bonchev–Trinajstić information content (AvgIpc) is 2.48. The molecule has 0 amide bonds. The maximum Gasteiger partial charge on any atom is 0.269 e. The third kappa shape index (κ3) is 4.26. The van der Waals surface area contributed by atoms with Crippen LogP contribution in [-0.2, 0) is 6.54 Å². The Morgan fingerprint density at radius 1 is 1.24 bits per heavy atom. The van der Waals surface area contributed by atoms with E-state index >= 15 is 0 Å². The molecule has 0 bridgehead atoms. The maximum atomic E-state index is 10.7. The number of halogens is 1. The van der Waals surface area contributed by atoms with Crippen LogP contribution < -0.4 is 5.32 Å². The van der Waals surface area contributed by atoms with Crippen molar-refractivity contribution in [3.63, 3.8) is 0 Å². The third-order valence-electron chi connectivity index (χ3n) is 3.05. The van der Waals surface area contributed by atoms with Crippen molar-refractivity contribution in [3.8, 4) is 0 Å². The maximum absolute atomic E-state index is 10.7. The van der Waals surface area contributed by atoms with Crippen LogP contribution in [0.3, 0.4) is 0 Å². The van der Waals surface area contributed by atoms with Gasteiger partial charge in [-0.15, -0.1) is 0 Å². The molecule has 5 nitrogen and oxygen atoms in total. The Labute approximate surface area is 127 Å². The van der Waals surface area contributed by atoms with E-state index in [1.54, 1.807) is 30.3 Å². The van der Waals surface area contributed by atoms with E-state index in [0.717, 1.165) is 5.56 Å². The standard InChI is InChI=1S/C15H15ClN2O3/c16-14-7-2-1-6-13(14)15(19)10-17-9-11-4-3-5-12(8-11)18(20)21/h1-8,15,17,19H,9-10H2. The molecule has 1 unspecified atom stereocenters. The molecule has 0 aliphatic heterocycles. The van der Waals surface area contributed by atoms with E-state index in [1.807, 2.05) is 6.07 Å². The largest absolute Gasteiger partial charge is 0.387 e. The van der Waals surface area contributed by atoms with Crippen molar-refractivity contribution < 1.29 is 10.0 Å². The fourth-order valence-electron chi connectivity index (χ4n) is 1.99. The van der Waals surface area contributed by atoms with E-state index < -0.39 is 11.0 Å². The van der Waals surface area contributed by atoms with Crippen LogP contribution in [0, 0.1) is 10.1 Å². The average molecular weight is 307 g/mol. The van der Waals surface area contributed by atoms with Crippen molar-refractivity contribution in [2.75, 3.05) is 6.54 Å². The molecule has 0 fully saturated rings. The van der Waals surface area contributed by atoms with Crippen molar-refractivity contribution in [1.82, 2.24) is 5.32 Å². The number of hydrogen-bond donors (Lipinski definition) is 2. The summed E-state index contributed by atoms with van der Waals surface area (Å²) in [6, 6.07) is 13.5. The van der Waals surface area contributed by atoms with Gasteiger partial charge in [0.25, 0.3) is 5.69 Å². The summed E-state index contributed by atoms with van der Waals surface area (Å²) in [4.78, 5) is 10.3. The van der Waals surface area contributed by atoms with Crippen LogP contribution in [-0.4, -0.2) is 16.6 Å². The van der Waals surface area contributed by atoms with E-state index in [0.29, 0.717) is 23.7 Å². The smallest absolute Gasteiger partial charge is 0.269 e. The zero-order valence-corrected chi connectivity index (χ0v) is 12.0. The van der Waals surface area contributed by atoms with Crippen LogP contribution in [0.4, 0.5) is 5.69 Å². The highest BCUT2D eigenvalue weighted by atomic mass is 35.5. The molecule has 0 aromatic heterocycles. The lowest BCUT2D eigenvalue weighted by molar-refractivity contribution is -0.384. The van der Waals surface area contributed by atoms with Crippen molar-refractivity contribution in [2.24, 2.45) is 0 Å². The summed E-state index contributed by atoms with van der Waals surface area (Å²) in [5.74, 6) is 0. The van der Waals surface area contributed by atoms with E-state index in [9.17, 15) is 15.2 Å². The van der Waals surface area contributed by atoms with Crippen molar-refractivity contribution in [2.45, 2.75) is 12.6 Å². The number of aliphatic hydroxyl groups excluding tert-OH is 1. The fourth-order valence-corrected chi connectivity index (χ4v) is 2.25. The summed E-state index contributed by atoms with van der Waals surface area (Å²) in [5.41, 5.74) is 1.50. The Morgan fingerprint density at radius 3 is 2.71 bits per heavy atom. The number of nitrogens with one attached hydrogen (secondary N) is 1. The molecular formula is C15H15ClN2O3. The van der Waals surface area contributed by atoms with E-state index in [4.69, 9.17) is 11.6 Å². The quantitative estimate of drug-likeness (QED) is 0.635. The monoisotopic (exact) mass is 306 g/mol. The van der Waals surface area contributed by atoms with Crippen LogP contribution in [0.5, 0.6) is 0 Å². The number of non-ortho nitro benzene ring substituents is 1. The highest BCUT2D eigenvalue weighted by molar-refractivity contribution is 6.31. The molecule has 1 atom stereocenters. The van der Waals surface area contributed by atoms with Gasteiger partial charge in [-0.3, -0.25) is 10.1 Å². The van der Waals surface area contributed by atoms with Crippen molar-refractivity contribution in [1.29, 1.82) is 0 Å². The zero-order valence-electron chi connectivity index (χ0n) is 11.2. The first-order chi connectivity index (χ1) is 10.1. The second-order valence-electron chi connectivity index (χ2n) is 4.60. The predicted octanol–water partition coefficient (Wildman–Crippen LogP) is 3.07. The van der Waals surface area contributed by atoms with Crippen molar-refractivity contribution in [3.05, 3.63) is 74.8 Å². The SMILES string of the molecule is O=[N+]([O-])c1cccc(CNCC(O)c2ccccc2Cl)c1. The Bertz CT molecular complexity index is 634. The summed E-state index contributed by atoms with van der Waals surface area (Å²) in [7, 11) is 0. The number of rotatable bonds is 6. The van der Waals surface area contributed by atoms with Gasteiger partial charge >= 0.3 is 0 Å². The van der Waals surface area contributed by atoms with Gasteiger partial charge in [0, 0.05) is 35.8 Å². The topological polar surface area (TPSA) is 75.4 Å². The second kappa shape index (κ2) is 7.17. The number of hydrogen-bond acceptors (Lipinski definition) is 4. The van der Waals surface area contributed by atoms with Crippen molar-refractivity contribution >= 4 is 17.3 Å². The van der Waals surface area contributed by atoms with Gasteiger partial charge in [-0.1, -0.05) is 41.9 Å². The normalized spacial score (nSPS) is 12.1. The molecule has 0 spiro atoms. The molecule has 2 aromatic carbocycles. The number of benzene rings is 2. The summed E-state index contributed by atoms with van der Waals surface area (Å²) in [6.07, 6.45) is -0.725. The van der Waals surface area contributed by atoms with Gasteiger partial charge in [-0.25, -0.2) is 0 Å². The van der Waals surface area contributed by atoms with E-state index in [1.165, 1.54) is 12.1 Å². The minimum absolute atomic E-state index is 0.0564. The first-order valence-corrected chi connectivity index (χ1v) is 6.82. The Kier molecular flexibility index (Phi) is 5.27. The lowest BCUT2D eigenvalue weighted by Crippen LogP contribution is -2.21. The number of aliphatic hydroxyl groups is 1. The molecule has 21 heavy (non-hydrogen) atoms. The highest BCUT2D eigenvalue weighted by Gasteiger charge is 2.11. The van der Waals surface area contributed by atoms with Gasteiger partial charge in [0.2, 0.25) is 0 Å². The van der Waals surface area contributed by atoms with Crippen LogP contribution >= 0.6 is 11.6 Å². The van der Waals surface area contributed by atoms with Crippen LogP contribution in [0.15, 0.2) is 48.5 Å². The lowest BCUT2D eigenvalue weighted by atomic mass is 10.1. The zero-order chi connectivity index (χ0) is 15.2. The molecule has 0 saturated carbocycles. The third-order valence-corrected chi connectivity index (χ3v) is 3.40. The molecule has 2 N–H and O–H groups in total. The fraction of sp³-hybridized carbons (Fsp3) is 0.200. The molecule has 2 rings (SSSR count). The summed E-state index contributed by atoms with van der Waals surface area (Å²) >= 11 is 6.01.